The third-order valence-electron chi connectivity index (χ3n) is 4.59. The Hall–Kier alpha value is -3.09. The van der Waals surface area contributed by atoms with Crippen molar-refractivity contribution in [1.82, 2.24) is 29.7 Å². The SMILES string of the molecule is Cc1cn2cc(-c3cnc4nc(N5CCNCC5)sc4n3)cc(C#N)c2n1. The molecule has 1 fully saturated rings. The van der Waals surface area contributed by atoms with Gasteiger partial charge in [0.05, 0.1) is 23.1 Å². The number of thiazole rings is 1. The number of hydrogen-bond donors (Lipinski definition) is 1. The van der Waals surface area contributed by atoms with Gasteiger partial charge in [-0.3, -0.25) is 0 Å². The molecule has 1 N–H and O–H groups in total. The van der Waals surface area contributed by atoms with E-state index in [2.05, 4.69) is 31.2 Å². The van der Waals surface area contributed by atoms with Crippen molar-refractivity contribution in [2.24, 2.45) is 0 Å². The van der Waals surface area contributed by atoms with Crippen molar-refractivity contribution < 1.29 is 0 Å². The number of nitrogens with zero attached hydrogens (tertiary/aromatic N) is 7. The van der Waals surface area contributed by atoms with Crippen LogP contribution >= 0.6 is 11.3 Å². The molecule has 5 rings (SSSR count). The molecule has 4 aromatic heterocycles. The molecule has 4 aromatic rings. The van der Waals surface area contributed by atoms with Crippen LogP contribution in [0.4, 0.5) is 5.13 Å². The van der Waals surface area contributed by atoms with Gasteiger partial charge in [0.25, 0.3) is 0 Å². The van der Waals surface area contributed by atoms with Gasteiger partial charge in [-0.05, 0) is 13.0 Å². The van der Waals surface area contributed by atoms with Crippen molar-refractivity contribution in [3.05, 3.63) is 35.9 Å². The van der Waals surface area contributed by atoms with E-state index in [-0.39, 0.29) is 0 Å². The summed E-state index contributed by atoms with van der Waals surface area (Å²) in [6.45, 7) is 5.71. The number of nitrogens with one attached hydrogen (secondary N) is 1. The molecule has 1 aliphatic rings. The lowest BCUT2D eigenvalue weighted by Gasteiger charge is -2.26. The number of hydrogen-bond acceptors (Lipinski definition) is 8. The van der Waals surface area contributed by atoms with E-state index in [1.807, 2.05) is 29.8 Å². The van der Waals surface area contributed by atoms with Gasteiger partial charge in [0, 0.05) is 44.1 Å². The van der Waals surface area contributed by atoms with Crippen LogP contribution in [-0.4, -0.2) is 50.5 Å². The fourth-order valence-electron chi connectivity index (χ4n) is 3.28. The number of aromatic nitrogens is 5. The predicted octanol–water partition coefficient (Wildman–Crippen LogP) is 1.99. The van der Waals surface area contributed by atoms with Gasteiger partial charge in [0.15, 0.2) is 21.3 Å². The van der Waals surface area contributed by atoms with Crippen LogP contribution < -0.4 is 10.2 Å². The van der Waals surface area contributed by atoms with Crippen molar-refractivity contribution in [3.8, 4) is 17.3 Å². The summed E-state index contributed by atoms with van der Waals surface area (Å²) in [5.74, 6) is 0. The van der Waals surface area contributed by atoms with Gasteiger partial charge in [-0.25, -0.2) is 15.0 Å². The first-order valence-electron chi connectivity index (χ1n) is 8.70. The molecule has 0 saturated carbocycles. The standard InChI is InChI=1S/C18H16N8S/c1-11-9-26-10-13(6-12(7-19)16(26)22-11)14-8-21-15-17(23-14)27-18(24-15)25-4-2-20-3-5-25/h6,8-10,20H,2-5H2,1H3. The first kappa shape index (κ1) is 16.1. The van der Waals surface area contributed by atoms with Crippen molar-refractivity contribution in [1.29, 1.82) is 5.26 Å². The number of fused-ring (bicyclic) bond motifs is 2. The van der Waals surface area contributed by atoms with Crippen LogP contribution in [0.2, 0.25) is 0 Å². The molecule has 0 unspecified atom stereocenters. The Labute approximate surface area is 159 Å². The van der Waals surface area contributed by atoms with Crippen LogP contribution in [0.15, 0.2) is 24.7 Å². The molecular weight excluding hydrogens is 360 g/mol. The maximum absolute atomic E-state index is 9.48. The number of imidazole rings is 1. The smallest absolute Gasteiger partial charge is 0.191 e. The van der Waals surface area contributed by atoms with E-state index < -0.39 is 0 Å². The Balaban J connectivity index is 1.58. The second-order valence-electron chi connectivity index (χ2n) is 6.48. The van der Waals surface area contributed by atoms with Crippen molar-refractivity contribution in [2.75, 3.05) is 31.1 Å². The first-order valence-corrected chi connectivity index (χ1v) is 9.52. The van der Waals surface area contributed by atoms with Crippen LogP contribution in [0, 0.1) is 18.3 Å². The normalized spacial score (nSPS) is 14.7. The minimum Gasteiger partial charge on any atom is -0.345 e. The average molecular weight is 376 g/mol. The van der Waals surface area contributed by atoms with E-state index >= 15 is 0 Å². The minimum absolute atomic E-state index is 0.522. The van der Waals surface area contributed by atoms with Gasteiger partial charge in [0.2, 0.25) is 0 Å². The van der Waals surface area contributed by atoms with Crippen molar-refractivity contribution in [3.63, 3.8) is 0 Å². The second kappa shape index (κ2) is 6.26. The lowest BCUT2D eigenvalue weighted by Crippen LogP contribution is -2.43. The highest BCUT2D eigenvalue weighted by Crippen LogP contribution is 2.29. The van der Waals surface area contributed by atoms with E-state index in [1.165, 1.54) is 0 Å². The maximum atomic E-state index is 9.48. The van der Waals surface area contributed by atoms with Crippen LogP contribution in [0.3, 0.4) is 0 Å². The molecule has 5 heterocycles. The highest BCUT2D eigenvalue weighted by atomic mass is 32.1. The number of nitriles is 1. The minimum atomic E-state index is 0.522. The Morgan fingerprint density at radius 2 is 2.04 bits per heavy atom. The molecule has 1 saturated heterocycles. The Morgan fingerprint density at radius 3 is 2.85 bits per heavy atom. The van der Waals surface area contributed by atoms with E-state index in [4.69, 9.17) is 4.98 Å². The largest absolute Gasteiger partial charge is 0.345 e. The molecule has 0 spiro atoms. The van der Waals surface area contributed by atoms with Crippen LogP contribution in [-0.2, 0) is 0 Å². The van der Waals surface area contributed by atoms with E-state index in [1.54, 1.807) is 17.5 Å². The van der Waals surface area contributed by atoms with Crippen molar-refractivity contribution in [2.45, 2.75) is 6.92 Å². The molecule has 0 aliphatic carbocycles. The maximum Gasteiger partial charge on any atom is 0.191 e. The van der Waals surface area contributed by atoms with Gasteiger partial charge in [-0.2, -0.15) is 10.2 Å². The molecule has 1 aliphatic heterocycles. The second-order valence-corrected chi connectivity index (χ2v) is 7.44. The lowest BCUT2D eigenvalue weighted by molar-refractivity contribution is 0.588. The summed E-state index contributed by atoms with van der Waals surface area (Å²) in [5, 5.41) is 13.8. The zero-order chi connectivity index (χ0) is 18.4. The molecule has 0 aromatic carbocycles. The van der Waals surface area contributed by atoms with Gasteiger partial charge < -0.3 is 14.6 Å². The first-order chi connectivity index (χ1) is 13.2. The molecule has 9 heteroatoms. The topological polar surface area (TPSA) is 95.0 Å². The molecule has 8 nitrogen and oxygen atoms in total. The third kappa shape index (κ3) is 2.79. The Kier molecular flexibility index (Phi) is 3.74. The Morgan fingerprint density at radius 1 is 1.19 bits per heavy atom. The van der Waals surface area contributed by atoms with E-state index in [9.17, 15) is 5.26 Å². The number of aryl methyl sites for hydroxylation is 1. The summed E-state index contributed by atoms with van der Waals surface area (Å²) in [5.41, 5.74) is 4.27. The van der Waals surface area contributed by atoms with Gasteiger partial charge >= 0.3 is 0 Å². The molecular formula is C18H16N8S. The zero-order valence-electron chi connectivity index (χ0n) is 14.7. The van der Waals surface area contributed by atoms with E-state index in [0.717, 1.165) is 53.1 Å². The highest BCUT2D eigenvalue weighted by molar-refractivity contribution is 7.21. The number of pyridine rings is 1. The highest BCUT2D eigenvalue weighted by Gasteiger charge is 2.17. The van der Waals surface area contributed by atoms with Gasteiger partial charge in [0.1, 0.15) is 6.07 Å². The summed E-state index contributed by atoms with van der Waals surface area (Å²) in [4.78, 5) is 21.4. The molecule has 0 amide bonds. The van der Waals surface area contributed by atoms with Crippen LogP contribution in [0.25, 0.3) is 27.4 Å². The molecule has 0 radical (unpaired) electrons. The molecule has 0 atom stereocenters. The predicted molar refractivity (Wildman–Crippen MR) is 104 cm³/mol. The lowest BCUT2D eigenvalue weighted by atomic mass is 10.1. The van der Waals surface area contributed by atoms with Crippen LogP contribution in [0.5, 0.6) is 0 Å². The fourth-order valence-corrected chi connectivity index (χ4v) is 4.23. The average Bonchev–Trinajstić information content (AvgIpc) is 3.29. The summed E-state index contributed by atoms with van der Waals surface area (Å²) >= 11 is 1.56. The summed E-state index contributed by atoms with van der Waals surface area (Å²) < 4.78 is 1.87. The fraction of sp³-hybridized carbons (Fsp3) is 0.278. The summed E-state index contributed by atoms with van der Waals surface area (Å²) in [6, 6.07) is 4.04. The summed E-state index contributed by atoms with van der Waals surface area (Å²) in [7, 11) is 0. The quantitative estimate of drug-likeness (QED) is 0.572. The monoisotopic (exact) mass is 376 g/mol. The third-order valence-corrected chi connectivity index (χ3v) is 5.59. The molecule has 27 heavy (non-hydrogen) atoms. The van der Waals surface area contributed by atoms with E-state index in [0.29, 0.717) is 16.9 Å². The molecule has 134 valence electrons. The Bertz CT molecular complexity index is 1200. The van der Waals surface area contributed by atoms with Gasteiger partial charge in [-0.1, -0.05) is 11.3 Å². The number of rotatable bonds is 2. The molecule has 0 bridgehead atoms. The zero-order valence-corrected chi connectivity index (χ0v) is 15.5. The van der Waals surface area contributed by atoms with Crippen molar-refractivity contribution >= 4 is 32.6 Å². The number of anilines is 1. The van der Waals surface area contributed by atoms with Gasteiger partial charge in [-0.15, -0.1) is 0 Å². The number of piperazine rings is 1. The summed E-state index contributed by atoms with van der Waals surface area (Å²) in [6.07, 6.45) is 5.56. The van der Waals surface area contributed by atoms with Crippen LogP contribution in [0.1, 0.15) is 11.3 Å².